The van der Waals surface area contributed by atoms with Crippen LogP contribution in [0.3, 0.4) is 0 Å². The molecule has 0 saturated carbocycles. The highest BCUT2D eigenvalue weighted by Crippen LogP contribution is 2.37. The third kappa shape index (κ3) is 3.57. The van der Waals surface area contributed by atoms with Crippen molar-refractivity contribution in [3.63, 3.8) is 0 Å². The summed E-state index contributed by atoms with van der Waals surface area (Å²) in [5.41, 5.74) is 4.49. The Morgan fingerprint density at radius 3 is 2.81 bits per heavy atom. The lowest BCUT2D eigenvalue weighted by molar-refractivity contribution is -0.116. The molecule has 0 spiro atoms. The molecule has 2 heterocycles. The van der Waals surface area contributed by atoms with E-state index in [1.165, 1.54) is 0 Å². The van der Waals surface area contributed by atoms with Gasteiger partial charge in [0.05, 0.1) is 16.3 Å². The number of aromatic nitrogens is 2. The van der Waals surface area contributed by atoms with E-state index in [4.69, 9.17) is 9.97 Å². The lowest BCUT2D eigenvalue weighted by Crippen LogP contribution is -2.18. The molecule has 5 nitrogen and oxygen atoms in total. The molecule has 3 aromatic rings. The number of carbonyl (C=O) groups is 1. The van der Waals surface area contributed by atoms with E-state index in [9.17, 15) is 9.90 Å². The Morgan fingerprint density at radius 2 is 2.07 bits per heavy atom. The van der Waals surface area contributed by atoms with E-state index in [1.807, 2.05) is 37.4 Å². The molecule has 0 fully saturated rings. The van der Waals surface area contributed by atoms with Crippen LogP contribution < -0.4 is 5.32 Å². The Balaban J connectivity index is 1.82. The molecule has 1 aliphatic rings. The maximum absolute atomic E-state index is 12.3. The lowest BCUT2D eigenvalue weighted by Gasteiger charge is -2.21. The van der Waals surface area contributed by atoms with Crippen molar-refractivity contribution in [1.82, 2.24) is 9.97 Å². The van der Waals surface area contributed by atoms with E-state index in [0.29, 0.717) is 17.9 Å². The monoisotopic (exact) mass is 379 g/mol. The van der Waals surface area contributed by atoms with E-state index in [-0.39, 0.29) is 17.6 Å². The van der Waals surface area contributed by atoms with Crippen LogP contribution in [0.15, 0.2) is 35.7 Å². The van der Waals surface area contributed by atoms with E-state index >= 15 is 0 Å². The van der Waals surface area contributed by atoms with Gasteiger partial charge in [0.2, 0.25) is 5.91 Å². The van der Waals surface area contributed by atoms with Gasteiger partial charge in [0.1, 0.15) is 11.4 Å². The van der Waals surface area contributed by atoms with Gasteiger partial charge in [-0.2, -0.15) is 0 Å². The maximum Gasteiger partial charge on any atom is 0.225 e. The first-order valence-corrected chi connectivity index (χ1v) is 9.96. The Labute approximate surface area is 162 Å². The van der Waals surface area contributed by atoms with Crippen LogP contribution in [0.2, 0.25) is 0 Å². The van der Waals surface area contributed by atoms with Crippen LogP contribution in [-0.2, 0) is 17.6 Å². The number of anilines is 1. The van der Waals surface area contributed by atoms with Gasteiger partial charge in [-0.25, -0.2) is 9.97 Å². The van der Waals surface area contributed by atoms with Gasteiger partial charge in [0.15, 0.2) is 5.82 Å². The molecule has 2 aromatic heterocycles. The van der Waals surface area contributed by atoms with Gasteiger partial charge < -0.3 is 10.4 Å². The summed E-state index contributed by atoms with van der Waals surface area (Å²) in [6.07, 6.45) is 1.98. The molecule has 1 aliphatic carbocycles. The van der Waals surface area contributed by atoms with Gasteiger partial charge in [0.25, 0.3) is 0 Å². The number of benzene rings is 1. The number of hydrogen-bond donors (Lipinski definition) is 2. The van der Waals surface area contributed by atoms with Gasteiger partial charge in [-0.05, 0) is 54.0 Å². The van der Waals surface area contributed by atoms with Crippen molar-refractivity contribution < 1.29 is 9.90 Å². The SMILES string of the molecule is CC(C)CC(=O)Nc1nc2c(nc1-c1cccs1)-c1ccc(O)cc1CC2. The number of thiophene rings is 1. The Bertz CT molecular complexity index is 997. The maximum atomic E-state index is 12.3. The third-order valence-electron chi connectivity index (χ3n) is 4.55. The zero-order valence-corrected chi connectivity index (χ0v) is 16.1. The van der Waals surface area contributed by atoms with Crippen LogP contribution >= 0.6 is 11.3 Å². The van der Waals surface area contributed by atoms with Crippen LogP contribution in [0.1, 0.15) is 31.5 Å². The molecule has 0 atom stereocenters. The van der Waals surface area contributed by atoms with Gasteiger partial charge in [-0.15, -0.1) is 11.3 Å². The molecule has 0 unspecified atom stereocenters. The molecule has 138 valence electrons. The zero-order valence-electron chi connectivity index (χ0n) is 15.3. The highest BCUT2D eigenvalue weighted by molar-refractivity contribution is 7.13. The summed E-state index contributed by atoms with van der Waals surface area (Å²) in [4.78, 5) is 23.0. The van der Waals surface area contributed by atoms with Gasteiger partial charge >= 0.3 is 0 Å². The predicted octanol–water partition coefficient (Wildman–Crippen LogP) is 4.66. The molecule has 4 rings (SSSR count). The minimum atomic E-state index is -0.0433. The minimum absolute atomic E-state index is 0.0433. The molecule has 0 saturated heterocycles. The van der Waals surface area contributed by atoms with Crippen LogP contribution in [-0.4, -0.2) is 21.0 Å². The Kier molecular flexibility index (Phi) is 4.66. The molecule has 1 aromatic carbocycles. The summed E-state index contributed by atoms with van der Waals surface area (Å²) < 4.78 is 0. The summed E-state index contributed by atoms with van der Waals surface area (Å²) in [6, 6.07) is 9.32. The molecular formula is C21H21N3O2S. The summed E-state index contributed by atoms with van der Waals surface area (Å²) in [6.45, 7) is 4.04. The number of nitrogens with zero attached hydrogens (tertiary/aromatic N) is 2. The van der Waals surface area contributed by atoms with Gasteiger partial charge in [-0.1, -0.05) is 19.9 Å². The van der Waals surface area contributed by atoms with E-state index in [1.54, 1.807) is 23.5 Å². The zero-order chi connectivity index (χ0) is 19.0. The van der Waals surface area contributed by atoms with Crippen molar-refractivity contribution in [2.75, 3.05) is 5.32 Å². The summed E-state index contributed by atoms with van der Waals surface area (Å²) in [5, 5.41) is 14.7. The van der Waals surface area contributed by atoms with Crippen molar-refractivity contribution in [1.29, 1.82) is 0 Å². The fourth-order valence-electron chi connectivity index (χ4n) is 3.36. The molecule has 0 bridgehead atoms. The number of aryl methyl sites for hydroxylation is 2. The van der Waals surface area contributed by atoms with Crippen LogP contribution in [0.25, 0.3) is 21.8 Å². The molecule has 1 amide bonds. The molecule has 0 radical (unpaired) electrons. The first-order chi connectivity index (χ1) is 13.0. The number of phenols is 1. The molecule has 6 heteroatoms. The van der Waals surface area contributed by atoms with Crippen molar-refractivity contribution >= 4 is 23.1 Å². The Hall–Kier alpha value is -2.73. The standard InChI is InChI=1S/C21H21N3O2S/c1-12(2)10-18(26)23-21-20(17-4-3-9-27-17)24-19-15-7-6-14(25)11-13(15)5-8-16(19)22-21/h3-4,6-7,9,11-12,25H,5,8,10H2,1-2H3,(H,22,23,26). The smallest absolute Gasteiger partial charge is 0.225 e. The number of hydrogen-bond acceptors (Lipinski definition) is 5. The number of carbonyl (C=O) groups excluding carboxylic acids is 1. The topological polar surface area (TPSA) is 75.1 Å². The second kappa shape index (κ2) is 7.12. The molecule has 0 aliphatic heterocycles. The quantitative estimate of drug-likeness (QED) is 0.691. The third-order valence-corrected chi connectivity index (χ3v) is 5.43. The molecular weight excluding hydrogens is 358 g/mol. The number of aromatic hydroxyl groups is 1. The largest absolute Gasteiger partial charge is 0.508 e. The molecule has 2 N–H and O–H groups in total. The summed E-state index contributed by atoms with van der Waals surface area (Å²) >= 11 is 1.57. The summed E-state index contributed by atoms with van der Waals surface area (Å²) in [5.74, 6) is 1.03. The van der Waals surface area contributed by atoms with Crippen molar-refractivity contribution in [2.45, 2.75) is 33.1 Å². The van der Waals surface area contributed by atoms with Crippen LogP contribution in [0, 0.1) is 5.92 Å². The average Bonchev–Trinajstić information content (AvgIpc) is 3.14. The minimum Gasteiger partial charge on any atom is -0.508 e. The normalized spacial score (nSPS) is 12.6. The number of nitrogens with one attached hydrogen (secondary N) is 1. The number of rotatable bonds is 4. The lowest BCUT2D eigenvalue weighted by atomic mass is 9.91. The fourth-order valence-corrected chi connectivity index (χ4v) is 4.07. The first-order valence-electron chi connectivity index (χ1n) is 9.08. The molecule has 27 heavy (non-hydrogen) atoms. The fraction of sp³-hybridized carbons (Fsp3) is 0.286. The van der Waals surface area contributed by atoms with Crippen molar-refractivity contribution in [3.05, 3.63) is 47.0 Å². The number of fused-ring (bicyclic) bond motifs is 3. The summed E-state index contributed by atoms with van der Waals surface area (Å²) in [7, 11) is 0. The number of amides is 1. The van der Waals surface area contributed by atoms with Gasteiger partial charge in [-0.3, -0.25) is 4.79 Å². The highest BCUT2D eigenvalue weighted by Gasteiger charge is 2.23. The second-order valence-electron chi connectivity index (χ2n) is 7.18. The van der Waals surface area contributed by atoms with E-state index in [0.717, 1.165) is 40.2 Å². The van der Waals surface area contributed by atoms with E-state index < -0.39 is 0 Å². The van der Waals surface area contributed by atoms with E-state index in [2.05, 4.69) is 5.32 Å². The second-order valence-corrected chi connectivity index (χ2v) is 8.13. The average molecular weight is 379 g/mol. The van der Waals surface area contributed by atoms with Crippen LogP contribution in [0.4, 0.5) is 5.82 Å². The van der Waals surface area contributed by atoms with Crippen molar-refractivity contribution in [2.24, 2.45) is 5.92 Å². The predicted molar refractivity (Wildman–Crippen MR) is 108 cm³/mol. The highest BCUT2D eigenvalue weighted by atomic mass is 32.1. The van der Waals surface area contributed by atoms with Crippen molar-refractivity contribution in [3.8, 4) is 27.6 Å². The van der Waals surface area contributed by atoms with Gasteiger partial charge in [0, 0.05) is 12.0 Å². The number of phenolic OH excluding ortho intramolecular Hbond substituents is 1. The van der Waals surface area contributed by atoms with Crippen LogP contribution in [0.5, 0.6) is 5.75 Å². The Morgan fingerprint density at radius 1 is 1.22 bits per heavy atom. The first kappa shape index (κ1) is 17.7.